The number of benzene rings is 1. The molecular weight excluding hydrogens is 251 g/mol. The van der Waals surface area contributed by atoms with Crippen molar-refractivity contribution in [3.8, 4) is 0 Å². The number of halogens is 2. The van der Waals surface area contributed by atoms with Gasteiger partial charge in [-0.2, -0.15) is 0 Å². The SMILES string of the molecule is OC(Cc1cccc(F)c1Cl)CC1CCCCC1. The van der Waals surface area contributed by atoms with Crippen molar-refractivity contribution in [1.29, 1.82) is 0 Å². The Morgan fingerprint density at radius 2 is 2.00 bits per heavy atom. The molecule has 1 nitrogen and oxygen atoms in total. The zero-order chi connectivity index (χ0) is 13.0. The third-order valence-electron chi connectivity index (χ3n) is 3.82. The quantitative estimate of drug-likeness (QED) is 0.862. The molecule has 0 aliphatic heterocycles. The fraction of sp³-hybridized carbons (Fsp3) is 0.600. The van der Waals surface area contributed by atoms with Gasteiger partial charge >= 0.3 is 0 Å². The minimum Gasteiger partial charge on any atom is -0.393 e. The van der Waals surface area contributed by atoms with E-state index in [-0.39, 0.29) is 5.02 Å². The molecule has 0 spiro atoms. The number of hydrogen-bond acceptors (Lipinski definition) is 1. The summed E-state index contributed by atoms with van der Waals surface area (Å²) in [6, 6.07) is 4.78. The lowest BCUT2D eigenvalue weighted by molar-refractivity contribution is 0.130. The van der Waals surface area contributed by atoms with Crippen LogP contribution < -0.4 is 0 Å². The van der Waals surface area contributed by atoms with E-state index in [1.54, 1.807) is 12.1 Å². The highest BCUT2D eigenvalue weighted by Gasteiger charge is 2.18. The standard InChI is InChI=1S/C15H20ClFO/c16-15-12(7-4-8-14(15)17)10-13(18)9-11-5-2-1-3-6-11/h4,7-8,11,13,18H,1-3,5-6,9-10H2. The molecule has 1 fully saturated rings. The maximum absolute atomic E-state index is 13.3. The molecule has 1 N–H and O–H groups in total. The first kappa shape index (κ1) is 13.8. The zero-order valence-corrected chi connectivity index (χ0v) is 11.3. The first-order valence-electron chi connectivity index (χ1n) is 6.77. The summed E-state index contributed by atoms with van der Waals surface area (Å²) < 4.78 is 13.3. The summed E-state index contributed by atoms with van der Waals surface area (Å²) in [6.07, 6.45) is 7.16. The molecule has 0 aromatic heterocycles. The van der Waals surface area contributed by atoms with Gasteiger partial charge in [0.05, 0.1) is 11.1 Å². The highest BCUT2D eigenvalue weighted by Crippen LogP contribution is 2.29. The first-order chi connectivity index (χ1) is 8.66. The summed E-state index contributed by atoms with van der Waals surface area (Å²) in [4.78, 5) is 0. The molecular formula is C15H20ClFO. The van der Waals surface area contributed by atoms with Gasteiger partial charge in [0.2, 0.25) is 0 Å². The summed E-state index contributed by atoms with van der Waals surface area (Å²) in [7, 11) is 0. The van der Waals surface area contributed by atoms with E-state index in [0.717, 1.165) is 6.42 Å². The number of rotatable bonds is 4. The molecule has 3 heteroatoms. The van der Waals surface area contributed by atoms with E-state index in [0.29, 0.717) is 17.9 Å². The van der Waals surface area contributed by atoms with Gasteiger partial charge in [0.25, 0.3) is 0 Å². The lowest BCUT2D eigenvalue weighted by Crippen LogP contribution is -2.18. The molecule has 1 aliphatic rings. The summed E-state index contributed by atoms with van der Waals surface area (Å²) in [5.74, 6) is 0.222. The van der Waals surface area contributed by atoms with Crippen LogP contribution in [-0.4, -0.2) is 11.2 Å². The van der Waals surface area contributed by atoms with Crippen LogP contribution in [0.1, 0.15) is 44.1 Å². The van der Waals surface area contributed by atoms with Crippen LogP contribution in [0.3, 0.4) is 0 Å². The van der Waals surface area contributed by atoms with Crippen LogP contribution in [0.4, 0.5) is 4.39 Å². The highest BCUT2D eigenvalue weighted by molar-refractivity contribution is 6.31. The third kappa shape index (κ3) is 3.69. The first-order valence-corrected chi connectivity index (χ1v) is 7.15. The van der Waals surface area contributed by atoms with Crippen LogP contribution in [0.25, 0.3) is 0 Å². The van der Waals surface area contributed by atoms with Gasteiger partial charge < -0.3 is 5.11 Å². The van der Waals surface area contributed by atoms with E-state index in [4.69, 9.17) is 11.6 Å². The molecule has 0 amide bonds. The second-order valence-electron chi connectivity index (χ2n) is 5.31. The van der Waals surface area contributed by atoms with Crippen LogP contribution >= 0.6 is 11.6 Å². The van der Waals surface area contributed by atoms with Crippen molar-refractivity contribution in [2.24, 2.45) is 5.92 Å². The predicted molar refractivity (Wildman–Crippen MR) is 72.3 cm³/mol. The summed E-state index contributed by atoms with van der Waals surface area (Å²) in [5.41, 5.74) is 0.708. The largest absolute Gasteiger partial charge is 0.393 e. The molecule has 0 radical (unpaired) electrons. The van der Waals surface area contributed by atoms with Crippen molar-refractivity contribution in [3.63, 3.8) is 0 Å². The van der Waals surface area contributed by atoms with Crippen molar-refractivity contribution in [3.05, 3.63) is 34.6 Å². The summed E-state index contributed by atoms with van der Waals surface area (Å²) in [6.45, 7) is 0. The summed E-state index contributed by atoms with van der Waals surface area (Å²) >= 11 is 5.89. The van der Waals surface area contributed by atoms with Gasteiger partial charge in [-0.05, 0) is 30.4 Å². The van der Waals surface area contributed by atoms with E-state index < -0.39 is 11.9 Å². The van der Waals surface area contributed by atoms with Crippen molar-refractivity contribution in [1.82, 2.24) is 0 Å². The predicted octanol–water partition coefficient (Wildman–Crippen LogP) is 4.35. The van der Waals surface area contributed by atoms with Gasteiger partial charge in [-0.3, -0.25) is 0 Å². The van der Waals surface area contributed by atoms with Crippen molar-refractivity contribution >= 4 is 11.6 Å². The maximum atomic E-state index is 13.3. The molecule has 0 saturated heterocycles. The summed E-state index contributed by atoms with van der Waals surface area (Å²) in [5, 5.41) is 10.2. The smallest absolute Gasteiger partial charge is 0.142 e. The molecule has 0 heterocycles. The molecule has 1 aliphatic carbocycles. The molecule has 18 heavy (non-hydrogen) atoms. The number of hydrogen-bond donors (Lipinski definition) is 1. The zero-order valence-electron chi connectivity index (χ0n) is 10.5. The van der Waals surface area contributed by atoms with E-state index >= 15 is 0 Å². The minimum absolute atomic E-state index is 0.153. The van der Waals surface area contributed by atoms with Gasteiger partial charge in [-0.25, -0.2) is 4.39 Å². The van der Waals surface area contributed by atoms with Crippen LogP contribution in [0.2, 0.25) is 5.02 Å². The fourth-order valence-electron chi connectivity index (χ4n) is 2.85. The number of aliphatic hydroxyl groups excluding tert-OH is 1. The van der Waals surface area contributed by atoms with E-state index in [9.17, 15) is 9.50 Å². The Morgan fingerprint density at radius 1 is 1.28 bits per heavy atom. The van der Waals surface area contributed by atoms with E-state index in [1.165, 1.54) is 38.2 Å². The number of aliphatic hydroxyl groups is 1. The average Bonchev–Trinajstić information content (AvgIpc) is 2.36. The second-order valence-corrected chi connectivity index (χ2v) is 5.69. The fourth-order valence-corrected chi connectivity index (χ4v) is 3.05. The van der Waals surface area contributed by atoms with E-state index in [2.05, 4.69) is 0 Å². The molecule has 2 rings (SSSR count). The Balaban J connectivity index is 1.90. The van der Waals surface area contributed by atoms with Gasteiger partial charge in [0.1, 0.15) is 5.82 Å². The Bertz CT molecular complexity index is 388. The lowest BCUT2D eigenvalue weighted by Gasteiger charge is -2.24. The molecule has 1 aromatic rings. The molecule has 0 bridgehead atoms. The van der Waals surface area contributed by atoms with Crippen LogP contribution in [0.15, 0.2) is 18.2 Å². The van der Waals surface area contributed by atoms with Crippen LogP contribution in [0, 0.1) is 11.7 Å². The normalized spacial score (nSPS) is 18.8. The molecule has 1 unspecified atom stereocenters. The van der Waals surface area contributed by atoms with Crippen molar-refractivity contribution < 1.29 is 9.50 Å². The van der Waals surface area contributed by atoms with Crippen molar-refractivity contribution in [2.45, 2.75) is 51.0 Å². The topological polar surface area (TPSA) is 20.2 Å². The molecule has 100 valence electrons. The van der Waals surface area contributed by atoms with E-state index in [1.807, 2.05) is 0 Å². The highest BCUT2D eigenvalue weighted by atomic mass is 35.5. The molecule has 1 aromatic carbocycles. The second kappa shape index (κ2) is 6.53. The van der Waals surface area contributed by atoms with Gasteiger partial charge in [-0.1, -0.05) is 55.8 Å². The van der Waals surface area contributed by atoms with Crippen LogP contribution in [-0.2, 0) is 6.42 Å². The monoisotopic (exact) mass is 270 g/mol. The molecule has 1 atom stereocenters. The van der Waals surface area contributed by atoms with Crippen molar-refractivity contribution in [2.75, 3.05) is 0 Å². The Morgan fingerprint density at radius 3 is 2.72 bits per heavy atom. The minimum atomic E-state index is -0.410. The van der Waals surface area contributed by atoms with Crippen LogP contribution in [0.5, 0.6) is 0 Å². The Kier molecular flexibility index (Phi) is 5.02. The van der Waals surface area contributed by atoms with Gasteiger partial charge in [0, 0.05) is 0 Å². The van der Waals surface area contributed by atoms with Gasteiger partial charge in [0.15, 0.2) is 0 Å². The Hall–Kier alpha value is -0.600. The third-order valence-corrected chi connectivity index (χ3v) is 4.24. The Labute approximate surface area is 113 Å². The average molecular weight is 271 g/mol. The maximum Gasteiger partial charge on any atom is 0.142 e. The molecule has 1 saturated carbocycles. The van der Waals surface area contributed by atoms with Gasteiger partial charge in [-0.15, -0.1) is 0 Å². The lowest BCUT2D eigenvalue weighted by atomic mass is 9.84.